The second-order valence-corrected chi connectivity index (χ2v) is 8.41. The maximum absolute atomic E-state index is 12.9. The lowest BCUT2D eigenvalue weighted by molar-refractivity contribution is 0.0618. The van der Waals surface area contributed by atoms with Crippen LogP contribution in [0.25, 0.3) is 11.1 Å². The van der Waals surface area contributed by atoms with Crippen molar-refractivity contribution in [2.24, 2.45) is 0 Å². The van der Waals surface area contributed by atoms with Gasteiger partial charge in [-0.1, -0.05) is 51.1 Å². The maximum atomic E-state index is 12.9. The zero-order valence-electron chi connectivity index (χ0n) is 18.8. The van der Waals surface area contributed by atoms with E-state index in [1.807, 2.05) is 29.2 Å². The van der Waals surface area contributed by atoms with Gasteiger partial charge in [-0.25, -0.2) is 4.98 Å². The topological polar surface area (TPSA) is 73.4 Å². The second kappa shape index (κ2) is 9.27. The van der Waals surface area contributed by atoms with Gasteiger partial charge in [-0.3, -0.25) is 4.79 Å². The Morgan fingerprint density at radius 1 is 1.22 bits per heavy atom. The maximum Gasteiger partial charge on any atom is 0.289 e. The molecule has 0 spiro atoms. The molecule has 0 saturated carbocycles. The first kappa shape index (κ1) is 21.6. The van der Waals surface area contributed by atoms with Gasteiger partial charge < -0.3 is 14.2 Å². The van der Waals surface area contributed by atoms with Gasteiger partial charge in [0.05, 0.1) is 17.5 Å². The van der Waals surface area contributed by atoms with Gasteiger partial charge in [0.15, 0.2) is 5.76 Å². The van der Waals surface area contributed by atoms with Crippen molar-refractivity contribution in [2.75, 3.05) is 24.5 Å². The summed E-state index contributed by atoms with van der Waals surface area (Å²) in [6.07, 6.45) is 2.33. The van der Waals surface area contributed by atoms with Gasteiger partial charge in [0.25, 0.3) is 5.91 Å². The highest BCUT2D eigenvalue weighted by Gasteiger charge is 2.33. The molecule has 0 bridgehead atoms. The number of nitrogens with zero attached hydrogens (tertiary/aromatic N) is 4. The van der Waals surface area contributed by atoms with E-state index in [0.29, 0.717) is 36.8 Å². The van der Waals surface area contributed by atoms with Crippen molar-refractivity contribution in [1.82, 2.24) is 9.88 Å². The number of piperazine rings is 1. The van der Waals surface area contributed by atoms with E-state index in [4.69, 9.17) is 9.40 Å². The van der Waals surface area contributed by atoms with Crippen LogP contribution in [0.3, 0.4) is 0 Å². The monoisotopic (exact) mass is 428 g/mol. The number of carbonyl (C=O) groups is 1. The molecule has 4 rings (SSSR count). The number of nitriles is 1. The zero-order chi connectivity index (χ0) is 22.7. The smallest absolute Gasteiger partial charge is 0.289 e. The molecule has 6 nitrogen and oxygen atoms in total. The molecule has 1 aliphatic rings. The van der Waals surface area contributed by atoms with Gasteiger partial charge in [-0.2, -0.15) is 5.26 Å². The summed E-state index contributed by atoms with van der Waals surface area (Å²) >= 11 is 0. The number of hydrogen-bond acceptors (Lipinski definition) is 5. The van der Waals surface area contributed by atoms with Crippen LogP contribution in [0.1, 0.15) is 54.9 Å². The summed E-state index contributed by atoms with van der Waals surface area (Å²) in [6.45, 7) is 8.13. The Hall–Kier alpha value is -3.59. The lowest BCUT2D eigenvalue weighted by atomic mass is 9.95. The number of carbonyl (C=O) groups excluding carboxylic acids is 1. The van der Waals surface area contributed by atoms with Crippen molar-refractivity contribution < 1.29 is 9.21 Å². The predicted molar refractivity (Wildman–Crippen MR) is 125 cm³/mol. The summed E-state index contributed by atoms with van der Waals surface area (Å²) < 4.78 is 5.33. The van der Waals surface area contributed by atoms with E-state index in [1.165, 1.54) is 6.26 Å². The third-order valence-electron chi connectivity index (χ3n) is 6.03. The summed E-state index contributed by atoms with van der Waals surface area (Å²) in [4.78, 5) is 21.9. The van der Waals surface area contributed by atoms with Gasteiger partial charge in [0.1, 0.15) is 11.9 Å². The molecule has 6 heteroatoms. The van der Waals surface area contributed by atoms with Gasteiger partial charge in [0, 0.05) is 31.2 Å². The minimum Gasteiger partial charge on any atom is -0.459 e. The Morgan fingerprint density at radius 2 is 2.00 bits per heavy atom. The highest BCUT2D eigenvalue weighted by Crippen LogP contribution is 2.33. The fraction of sp³-hybridized carbons (Fsp3) is 0.346. The highest BCUT2D eigenvalue weighted by atomic mass is 16.3. The lowest BCUT2D eigenvalue weighted by Gasteiger charge is -2.41. The summed E-state index contributed by atoms with van der Waals surface area (Å²) in [5.41, 5.74) is 3.60. The summed E-state index contributed by atoms with van der Waals surface area (Å²) in [6, 6.07) is 17.9. The summed E-state index contributed by atoms with van der Waals surface area (Å²) in [7, 11) is 0. The van der Waals surface area contributed by atoms with Crippen molar-refractivity contribution in [3.8, 4) is 17.2 Å². The molecule has 2 aromatic heterocycles. The van der Waals surface area contributed by atoms with E-state index in [1.54, 1.807) is 12.1 Å². The van der Waals surface area contributed by atoms with Crippen LogP contribution in [-0.2, 0) is 0 Å². The fourth-order valence-electron chi connectivity index (χ4n) is 4.34. The standard InChI is InChI=1S/C26H28N4O2/c1-4-21-17-29(12-13-30(21)26(31)23-11-8-14-32-23)25-20(16-27)15-22(24(28-25)18(2)3)19-9-6-5-7-10-19/h5-11,14-15,18,21H,4,12-13,17H2,1-3H3/t21-/m1/s1. The normalized spacial score (nSPS) is 16.3. The van der Waals surface area contributed by atoms with Crippen molar-refractivity contribution in [3.05, 3.63) is 71.8 Å². The number of rotatable bonds is 5. The minimum absolute atomic E-state index is 0.0194. The molecular formula is C26H28N4O2. The molecule has 0 unspecified atom stereocenters. The van der Waals surface area contributed by atoms with Crippen molar-refractivity contribution in [2.45, 2.75) is 39.2 Å². The average molecular weight is 429 g/mol. The summed E-state index contributed by atoms with van der Waals surface area (Å²) in [5.74, 6) is 1.19. The Balaban J connectivity index is 1.67. The van der Waals surface area contributed by atoms with Gasteiger partial charge >= 0.3 is 0 Å². The SMILES string of the molecule is CC[C@@H]1CN(c2nc(C(C)C)c(-c3ccccc3)cc2C#N)CCN1C(=O)c1ccco1. The van der Waals surface area contributed by atoms with Crippen molar-refractivity contribution in [1.29, 1.82) is 5.26 Å². The number of hydrogen-bond donors (Lipinski definition) is 0. The number of anilines is 1. The van der Waals surface area contributed by atoms with Crippen molar-refractivity contribution in [3.63, 3.8) is 0 Å². The first-order valence-electron chi connectivity index (χ1n) is 11.1. The molecule has 1 fully saturated rings. The van der Waals surface area contributed by atoms with Gasteiger partial charge in [0.2, 0.25) is 0 Å². The van der Waals surface area contributed by atoms with E-state index in [-0.39, 0.29) is 17.9 Å². The Morgan fingerprint density at radius 3 is 2.62 bits per heavy atom. The Kier molecular flexibility index (Phi) is 6.27. The Bertz CT molecular complexity index is 1120. The fourth-order valence-corrected chi connectivity index (χ4v) is 4.34. The van der Waals surface area contributed by atoms with E-state index in [2.05, 4.69) is 43.9 Å². The van der Waals surface area contributed by atoms with E-state index in [0.717, 1.165) is 23.2 Å². The van der Waals surface area contributed by atoms with Crippen molar-refractivity contribution >= 4 is 11.7 Å². The van der Waals surface area contributed by atoms with Gasteiger partial charge in [-0.05, 0) is 36.1 Å². The van der Waals surface area contributed by atoms with Crippen LogP contribution in [0.2, 0.25) is 0 Å². The molecule has 0 radical (unpaired) electrons. The first-order chi connectivity index (χ1) is 15.5. The molecular weight excluding hydrogens is 400 g/mol. The number of pyridine rings is 1. The van der Waals surface area contributed by atoms with Crippen LogP contribution < -0.4 is 4.90 Å². The van der Waals surface area contributed by atoms with Crippen LogP contribution in [0.15, 0.2) is 59.2 Å². The average Bonchev–Trinajstić information content (AvgIpc) is 3.38. The highest BCUT2D eigenvalue weighted by molar-refractivity contribution is 5.92. The molecule has 32 heavy (non-hydrogen) atoms. The summed E-state index contributed by atoms with van der Waals surface area (Å²) in [5, 5.41) is 9.94. The largest absolute Gasteiger partial charge is 0.459 e. The van der Waals surface area contributed by atoms with E-state index >= 15 is 0 Å². The quantitative estimate of drug-likeness (QED) is 0.567. The number of furan rings is 1. The molecule has 1 atom stereocenters. The number of aromatic nitrogens is 1. The molecule has 0 N–H and O–H groups in total. The number of benzene rings is 1. The van der Waals surface area contributed by atoms with Gasteiger partial charge in [-0.15, -0.1) is 0 Å². The minimum atomic E-state index is -0.0859. The van der Waals surface area contributed by atoms with E-state index < -0.39 is 0 Å². The second-order valence-electron chi connectivity index (χ2n) is 8.41. The van der Waals surface area contributed by atoms with Crippen LogP contribution in [0.4, 0.5) is 5.82 Å². The zero-order valence-corrected chi connectivity index (χ0v) is 18.8. The molecule has 1 aliphatic heterocycles. The molecule has 1 aromatic carbocycles. The number of amides is 1. The molecule has 1 amide bonds. The third kappa shape index (κ3) is 4.11. The molecule has 1 saturated heterocycles. The van der Waals surface area contributed by atoms with E-state index in [9.17, 15) is 10.1 Å². The van der Waals surface area contributed by atoms with Crippen LogP contribution >= 0.6 is 0 Å². The first-order valence-corrected chi connectivity index (χ1v) is 11.1. The molecule has 164 valence electrons. The molecule has 3 aromatic rings. The van der Waals surface area contributed by atoms with Crippen LogP contribution in [0.5, 0.6) is 0 Å². The predicted octanol–water partition coefficient (Wildman–Crippen LogP) is 5.08. The molecule has 3 heterocycles. The van der Waals surface area contributed by atoms with Crippen LogP contribution in [0, 0.1) is 11.3 Å². The lowest BCUT2D eigenvalue weighted by Crippen LogP contribution is -2.55. The third-order valence-corrected chi connectivity index (χ3v) is 6.03. The molecule has 0 aliphatic carbocycles. The Labute approximate surface area is 189 Å². The van der Waals surface area contributed by atoms with Crippen LogP contribution in [-0.4, -0.2) is 41.5 Å².